The Balaban J connectivity index is 1.68. The predicted molar refractivity (Wildman–Crippen MR) is 93.5 cm³/mol. The van der Waals surface area contributed by atoms with Gasteiger partial charge in [-0.25, -0.2) is 4.98 Å². The summed E-state index contributed by atoms with van der Waals surface area (Å²) in [5.41, 5.74) is 1.85. The molecule has 1 aromatic heterocycles. The van der Waals surface area contributed by atoms with Crippen molar-refractivity contribution >= 4 is 5.91 Å². The Morgan fingerprint density at radius 3 is 2.88 bits per heavy atom. The number of ether oxygens (including phenoxy) is 1. The molecule has 24 heavy (non-hydrogen) atoms. The lowest BCUT2D eigenvalue weighted by molar-refractivity contribution is 0.0948. The fraction of sp³-hybridized carbons (Fsp3) is 0.474. The fourth-order valence-electron chi connectivity index (χ4n) is 3.17. The normalized spacial score (nSPS) is 16.5. The third-order valence-corrected chi connectivity index (χ3v) is 4.63. The van der Waals surface area contributed by atoms with Gasteiger partial charge in [0, 0.05) is 31.6 Å². The van der Waals surface area contributed by atoms with E-state index in [0.717, 1.165) is 43.8 Å². The second-order valence-corrected chi connectivity index (χ2v) is 6.31. The van der Waals surface area contributed by atoms with Crippen LogP contribution in [0.25, 0.3) is 0 Å². The van der Waals surface area contributed by atoms with Crippen LogP contribution in [0.15, 0.2) is 30.5 Å². The topological polar surface area (TPSA) is 56.2 Å². The summed E-state index contributed by atoms with van der Waals surface area (Å²) in [5, 5.41) is 2.94. The number of carbonyl (C=O) groups excluding carboxylic acids is 1. The zero-order valence-corrected chi connectivity index (χ0v) is 14.4. The highest BCUT2D eigenvalue weighted by Gasteiger charge is 2.23. The van der Waals surface area contributed by atoms with Crippen molar-refractivity contribution in [2.75, 3.05) is 13.7 Å². The lowest BCUT2D eigenvalue weighted by Crippen LogP contribution is -2.24. The maximum absolute atomic E-state index is 12.2. The molecule has 0 unspecified atom stereocenters. The molecule has 2 heterocycles. The smallest absolute Gasteiger partial charge is 0.271 e. The zero-order chi connectivity index (χ0) is 16.9. The second-order valence-electron chi connectivity index (χ2n) is 6.31. The quantitative estimate of drug-likeness (QED) is 0.829. The van der Waals surface area contributed by atoms with E-state index in [2.05, 4.69) is 33.9 Å². The summed E-state index contributed by atoms with van der Waals surface area (Å²) < 4.78 is 7.36. The van der Waals surface area contributed by atoms with Gasteiger partial charge >= 0.3 is 0 Å². The lowest BCUT2D eigenvalue weighted by atomic mass is 9.91. The first-order chi connectivity index (χ1) is 11.7. The summed E-state index contributed by atoms with van der Waals surface area (Å²) >= 11 is 0. The van der Waals surface area contributed by atoms with E-state index in [1.54, 1.807) is 7.11 Å². The maximum atomic E-state index is 12.2. The number of hydrogen-bond donors (Lipinski definition) is 1. The zero-order valence-electron chi connectivity index (χ0n) is 14.4. The van der Waals surface area contributed by atoms with Gasteiger partial charge in [0.15, 0.2) is 0 Å². The third-order valence-electron chi connectivity index (χ3n) is 4.63. The number of nitrogens with one attached hydrogen (secondary N) is 1. The highest BCUT2D eigenvalue weighted by molar-refractivity contribution is 5.92. The van der Waals surface area contributed by atoms with Crippen LogP contribution in [0, 0.1) is 0 Å². The lowest BCUT2D eigenvalue weighted by Gasteiger charge is -2.24. The molecule has 0 saturated heterocycles. The fourth-order valence-corrected chi connectivity index (χ4v) is 3.17. The van der Waals surface area contributed by atoms with Crippen molar-refractivity contribution in [3.8, 4) is 5.75 Å². The van der Waals surface area contributed by atoms with E-state index in [4.69, 9.17) is 4.74 Å². The average Bonchev–Trinajstić information content (AvgIpc) is 3.05. The van der Waals surface area contributed by atoms with E-state index in [0.29, 0.717) is 18.2 Å². The van der Waals surface area contributed by atoms with Gasteiger partial charge in [0.1, 0.15) is 17.3 Å². The van der Waals surface area contributed by atoms with E-state index in [1.807, 2.05) is 18.3 Å². The number of amides is 1. The number of rotatable bonds is 6. The molecule has 1 aliphatic heterocycles. The number of carbonyl (C=O) groups is 1. The molecule has 0 saturated carbocycles. The number of imidazole rings is 1. The van der Waals surface area contributed by atoms with Gasteiger partial charge in [0.05, 0.1) is 7.11 Å². The molecule has 128 valence electrons. The molecular formula is C19H25N3O2. The van der Waals surface area contributed by atoms with Crippen LogP contribution in [0.1, 0.15) is 54.0 Å². The first kappa shape index (κ1) is 16.6. The minimum atomic E-state index is -0.0636. The second kappa shape index (κ2) is 7.51. The van der Waals surface area contributed by atoms with Gasteiger partial charge in [-0.3, -0.25) is 4.79 Å². The van der Waals surface area contributed by atoms with Crippen molar-refractivity contribution in [3.05, 3.63) is 47.5 Å². The summed E-state index contributed by atoms with van der Waals surface area (Å²) in [6.07, 6.45) is 5.92. The molecule has 0 fully saturated rings. The number of unbranched alkanes of at least 4 members (excludes halogenated alkanes) is 1. The van der Waals surface area contributed by atoms with E-state index in [-0.39, 0.29) is 5.91 Å². The van der Waals surface area contributed by atoms with Crippen LogP contribution in [0.5, 0.6) is 5.75 Å². The number of benzene rings is 1. The maximum Gasteiger partial charge on any atom is 0.271 e. The van der Waals surface area contributed by atoms with Crippen molar-refractivity contribution in [2.45, 2.75) is 45.1 Å². The van der Waals surface area contributed by atoms with Crippen molar-refractivity contribution in [2.24, 2.45) is 0 Å². The van der Waals surface area contributed by atoms with E-state index in [1.165, 1.54) is 5.56 Å². The molecule has 0 bridgehead atoms. The van der Waals surface area contributed by atoms with E-state index < -0.39 is 0 Å². The van der Waals surface area contributed by atoms with Crippen LogP contribution in [0.2, 0.25) is 0 Å². The number of fused-ring (bicyclic) bond motifs is 1. The Bertz CT molecular complexity index is 691. The van der Waals surface area contributed by atoms with Crippen LogP contribution < -0.4 is 10.1 Å². The highest BCUT2D eigenvalue weighted by Crippen LogP contribution is 2.29. The molecule has 0 radical (unpaired) electrons. The first-order valence-electron chi connectivity index (χ1n) is 8.69. The Labute approximate surface area is 143 Å². The van der Waals surface area contributed by atoms with Gasteiger partial charge in [0.25, 0.3) is 5.91 Å². The number of methoxy groups -OCH3 is 1. The van der Waals surface area contributed by atoms with Crippen LogP contribution in [-0.4, -0.2) is 29.1 Å². The number of nitrogens with zero attached hydrogens (tertiary/aromatic N) is 2. The summed E-state index contributed by atoms with van der Waals surface area (Å²) in [7, 11) is 1.68. The van der Waals surface area contributed by atoms with Crippen LogP contribution in [0.3, 0.4) is 0 Å². The molecule has 5 nitrogen and oxygen atoms in total. The molecule has 5 heteroatoms. The van der Waals surface area contributed by atoms with Crippen LogP contribution >= 0.6 is 0 Å². The minimum absolute atomic E-state index is 0.0636. The van der Waals surface area contributed by atoms with Crippen molar-refractivity contribution < 1.29 is 9.53 Å². The number of aromatic nitrogens is 2. The molecular weight excluding hydrogens is 302 g/mol. The molecule has 2 aromatic rings. The summed E-state index contributed by atoms with van der Waals surface area (Å²) in [4.78, 5) is 16.7. The Kier molecular flexibility index (Phi) is 5.18. The van der Waals surface area contributed by atoms with Gasteiger partial charge in [-0.1, -0.05) is 25.5 Å². The predicted octanol–water partition coefficient (Wildman–Crippen LogP) is 3.15. The van der Waals surface area contributed by atoms with Gasteiger partial charge in [-0.05, 0) is 30.5 Å². The molecule has 3 rings (SSSR count). The van der Waals surface area contributed by atoms with Gasteiger partial charge < -0.3 is 14.6 Å². The largest absolute Gasteiger partial charge is 0.497 e. The van der Waals surface area contributed by atoms with Crippen molar-refractivity contribution in [1.82, 2.24) is 14.9 Å². The molecule has 0 spiro atoms. The summed E-state index contributed by atoms with van der Waals surface area (Å²) in [5.74, 6) is 2.28. The molecule has 1 N–H and O–H groups in total. The Morgan fingerprint density at radius 2 is 2.17 bits per heavy atom. The number of hydrogen-bond acceptors (Lipinski definition) is 3. The van der Waals surface area contributed by atoms with Crippen LogP contribution in [0.4, 0.5) is 0 Å². The molecule has 1 amide bonds. The van der Waals surface area contributed by atoms with E-state index in [9.17, 15) is 4.79 Å². The van der Waals surface area contributed by atoms with E-state index >= 15 is 0 Å². The van der Waals surface area contributed by atoms with Crippen molar-refractivity contribution in [3.63, 3.8) is 0 Å². The standard InChI is InChI=1S/C19H25N3O2/c1-3-4-11-20-19(23)17-13-22-12-15(7-10-18(22)21-17)14-5-8-16(24-2)9-6-14/h5-6,8-9,13,15H,3-4,7,10-12H2,1-2H3,(H,20,23)/t15-/m0/s1. The molecule has 1 aromatic carbocycles. The molecule has 1 atom stereocenters. The third kappa shape index (κ3) is 3.61. The number of aryl methyl sites for hydroxylation is 1. The van der Waals surface area contributed by atoms with Crippen LogP contribution in [-0.2, 0) is 13.0 Å². The highest BCUT2D eigenvalue weighted by atomic mass is 16.5. The van der Waals surface area contributed by atoms with Gasteiger partial charge in [-0.15, -0.1) is 0 Å². The Morgan fingerprint density at radius 1 is 1.38 bits per heavy atom. The van der Waals surface area contributed by atoms with Gasteiger partial charge in [0.2, 0.25) is 0 Å². The first-order valence-corrected chi connectivity index (χ1v) is 8.69. The minimum Gasteiger partial charge on any atom is -0.497 e. The van der Waals surface area contributed by atoms with Crippen molar-refractivity contribution in [1.29, 1.82) is 0 Å². The Hall–Kier alpha value is -2.30. The SMILES string of the molecule is CCCCNC(=O)c1cn2c(n1)CC[C@H](c1ccc(OC)cc1)C2. The van der Waals surface area contributed by atoms with Gasteiger partial charge in [-0.2, -0.15) is 0 Å². The summed E-state index contributed by atoms with van der Waals surface area (Å²) in [6, 6.07) is 8.27. The average molecular weight is 327 g/mol. The molecule has 1 aliphatic rings. The monoisotopic (exact) mass is 327 g/mol. The molecule has 0 aliphatic carbocycles. The summed E-state index contributed by atoms with van der Waals surface area (Å²) in [6.45, 7) is 3.70.